The Morgan fingerprint density at radius 3 is 2.65 bits per heavy atom. The second-order valence-electron chi connectivity index (χ2n) is 3.78. The first-order chi connectivity index (χ1) is 8.18. The lowest BCUT2D eigenvalue weighted by atomic mass is 10.2. The Balaban J connectivity index is 1.86. The molecule has 0 bridgehead atoms. The van der Waals surface area contributed by atoms with E-state index in [1.165, 1.54) is 0 Å². The van der Waals surface area contributed by atoms with Crippen LogP contribution in [0.5, 0.6) is 0 Å². The molecule has 7 heteroatoms. The molecule has 1 heterocycles. The van der Waals surface area contributed by atoms with E-state index in [1.807, 2.05) is 36.0 Å². The molecule has 1 aliphatic rings. The van der Waals surface area contributed by atoms with Crippen LogP contribution in [0.15, 0.2) is 41.7 Å². The normalized spacial score (nSPS) is 18.7. The summed E-state index contributed by atoms with van der Waals surface area (Å²) in [4.78, 5) is 0. The molecule has 17 heavy (non-hydrogen) atoms. The van der Waals surface area contributed by atoms with Crippen molar-refractivity contribution in [3.8, 4) is 0 Å². The molecule has 1 aromatic carbocycles. The number of benzene rings is 1. The van der Waals surface area contributed by atoms with Gasteiger partial charge < -0.3 is 0 Å². The molecular formula is C10H14O3SSi3. The van der Waals surface area contributed by atoms with Gasteiger partial charge in [0.2, 0.25) is 17.0 Å². The molecular weight excluding hydrogens is 284 g/mol. The predicted molar refractivity (Wildman–Crippen MR) is 75.6 cm³/mol. The molecule has 0 spiro atoms. The Morgan fingerprint density at radius 2 is 2.00 bits per heavy atom. The monoisotopic (exact) mass is 298 g/mol. The number of rotatable bonds is 5. The second-order valence-corrected chi connectivity index (χ2v) is 20.2. The highest BCUT2D eigenvalue weighted by atomic mass is 32.4. The van der Waals surface area contributed by atoms with Crippen LogP contribution in [0.3, 0.4) is 0 Å². The average Bonchev–Trinajstić information content (AvgIpc) is 2.84. The third-order valence-electron chi connectivity index (χ3n) is 2.53. The minimum Gasteiger partial charge on any atom is -0.276 e. The van der Waals surface area contributed by atoms with Crippen molar-refractivity contribution in [2.45, 2.75) is 6.42 Å². The van der Waals surface area contributed by atoms with E-state index in [0.717, 1.165) is 5.56 Å². The van der Waals surface area contributed by atoms with Crippen molar-refractivity contribution in [2.75, 3.05) is 6.61 Å². The van der Waals surface area contributed by atoms with Crippen LogP contribution in [0, 0.1) is 0 Å². The highest BCUT2D eigenvalue weighted by Crippen LogP contribution is 2.05. The van der Waals surface area contributed by atoms with Gasteiger partial charge >= 0.3 is 0 Å². The molecule has 0 radical (unpaired) electrons. The molecule has 0 amide bonds. The first-order valence-electron chi connectivity index (χ1n) is 5.46. The maximum atomic E-state index is 11.8. The van der Waals surface area contributed by atoms with Gasteiger partial charge in [-0.05, 0) is 28.7 Å². The largest absolute Gasteiger partial charge is 0.276 e. The van der Waals surface area contributed by atoms with E-state index in [-0.39, 0.29) is 14.7 Å². The molecule has 1 aliphatic heterocycles. The third kappa shape index (κ3) is 3.75. The molecule has 0 fully saturated rings. The van der Waals surface area contributed by atoms with Gasteiger partial charge in [-0.1, -0.05) is 41.7 Å². The van der Waals surface area contributed by atoms with E-state index in [0.29, 0.717) is 15.0 Å². The highest BCUT2D eigenvalue weighted by Gasteiger charge is 2.24. The average molecular weight is 299 g/mol. The predicted octanol–water partition coefficient (Wildman–Crippen LogP) is -0.349. The summed E-state index contributed by atoms with van der Waals surface area (Å²) in [6.45, 7) is 0.276. The van der Waals surface area contributed by atoms with Crippen molar-refractivity contribution in [3.05, 3.63) is 47.3 Å². The smallest absolute Gasteiger partial charge is 0.236 e. The fourth-order valence-electron chi connectivity index (χ4n) is 1.60. The standard InChI is InChI=1S/C10H14O3SSi3/c11-14(12,17-9-8-15-16-17)13-7-6-10-4-2-1-3-5-10/h1-5,8-9,15-17H,6-7H2. The van der Waals surface area contributed by atoms with Crippen LogP contribution < -0.4 is 0 Å². The summed E-state index contributed by atoms with van der Waals surface area (Å²) in [6, 6.07) is 9.82. The summed E-state index contributed by atoms with van der Waals surface area (Å²) in [6.07, 6.45) is 0.660. The van der Waals surface area contributed by atoms with E-state index in [1.54, 1.807) is 0 Å². The zero-order chi connectivity index (χ0) is 12.1. The van der Waals surface area contributed by atoms with Gasteiger partial charge in [-0.25, -0.2) is 8.42 Å². The Morgan fingerprint density at radius 1 is 1.24 bits per heavy atom. The first-order valence-corrected chi connectivity index (χ1v) is 15.0. The molecule has 2 rings (SSSR count). The fourth-order valence-corrected chi connectivity index (χ4v) is 25.2. The van der Waals surface area contributed by atoms with Crippen LogP contribution in [0.1, 0.15) is 5.56 Å². The summed E-state index contributed by atoms with van der Waals surface area (Å²) < 4.78 is 28.8. The quantitative estimate of drug-likeness (QED) is 0.698. The van der Waals surface area contributed by atoms with E-state index in [2.05, 4.69) is 5.70 Å². The summed E-state index contributed by atoms with van der Waals surface area (Å²) in [5.74, 6) is 0. The molecule has 1 unspecified atom stereocenters. The van der Waals surface area contributed by atoms with Crippen LogP contribution in [0.4, 0.5) is 0 Å². The molecule has 1 atom stereocenters. The SMILES string of the molecule is O=S(=O)(OCCc1ccccc1)[SiH]1C=C[SiH]=[SiH]1. The van der Waals surface area contributed by atoms with E-state index < -0.39 is 17.0 Å². The summed E-state index contributed by atoms with van der Waals surface area (Å²) >= 11 is 0. The molecule has 0 saturated heterocycles. The van der Waals surface area contributed by atoms with Gasteiger partial charge in [-0.3, -0.25) is 4.18 Å². The molecule has 3 nitrogen and oxygen atoms in total. The summed E-state index contributed by atoms with van der Waals surface area (Å²) in [5.41, 5.74) is 5.12. The zero-order valence-corrected chi connectivity index (χ0v) is 13.6. The summed E-state index contributed by atoms with van der Waals surface area (Å²) in [7, 11) is -4.51. The lowest BCUT2D eigenvalue weighted by Gasteiger charge is -2.07. The zero-order valence-electron chi connectivity index (χ0n) is 9.32. The van der Waals surface area contributed by atoms with Crippen molar-refractivity contribution in [1.29, 1.82) is 0 Å². The molecule has 0 N–H and O–H groups in total. The lowest BCUT2D eigenvalue weighted by Crippen LogP contribution is -2.29. The van der Waals surface area contributed by atoms with Crippen molar-refractivity contribution >= 4 is 33.8 Å². The van der Waals surface area contributed by atoms with Crippen LogP contribution >= 0.6 is 0 Å². The maximum absolute atomic E-state index is 11.8. The van der Waals surface area contributed by atoms with Gasteiger partial charge in [0.15, 0.2) is 0 Å². The Labute approximate surface area is 107 Å². The van der Waals surface area contributed by atoms with E-state index in [9.17, 15) is 8.42 Å². The van der Waals surface area contributed by atoms with Crippen molar-refractivity contribution in [1.82, 2.24) is 0 Å². The van der Waals surface area contributed by atoms with E-state index >= 15 is 0 Å². The van der Waals surface area contributed by atoms with Crippen molar-refractivity contribution in [3.63, 3.8) is 0 Å². The second kappa shape index (κ2) is 5.92. The van der Waals surface area contributed by atoms with Gasteiger partial charge in [0, 0.05) is 0 Å². The minimum absolute atomic E-state index is 0.144. The minimum atomic E-state index is -3.22. The summed E-state index contributed by atoms with van der Waals surface area (Å²) in [5, 5.41) is 0. The Hall–Kier alpha value is -0.479. The van der Waals surface area contributed by atoms with E-state index in [4.69, 9.17) is 4.18 Å². The Bertz CT molecular complexity index is 513. The van der Waals surface area contributed by atoms with Crippen molar-refractivity contribution in [2.24, 2.45) is 0 Å². The lowest BCUT2D eigenvalue weighted by molar-refractivity contribution is 0.332. The van der Waals surface area contributed by atoms with Crippen LogP contribution in [0.2, 0.25) is 0 Å². The van der Waals surface area contributed by atoms with Crippen LogP contribution in [0.25, 0.3) is 0 Å². The van der Waals surface area contributed by atoms with Crippen molar-refractivity contribution < 1.29 is 12.6 Å². The molecule has 90 valence electrons. The first kappa shape index (κ1) is 13.0. The van der Waals surface area contributed by atoms with Gasteiger partial charge in [0.05, 0.1) is 6.61 Å². The molecule has 0 saturated carbocycles. The molecule has 0 aromatic heterocycles. The van der Waals surface area contributed by atoms with Gasteiger partial charge in [-0.2, -0.15) is 0 Å². The number of hydrogen-bond acceptors (Lipinski definition) is 3. The van der Waals surface area contributed by atoms with Gasteiger partial charge in [-0.15, -0.1) is 0 Å². The topological polar surface area (TPSA) is 43.4 Å². The van der Waals surface area contributed by atoms with Crippen LogP contribution in [-0.4, -0.2) is 39.2 Å². The fraction of sp³-hybridized carbons (Fsp3) is 0.200. The third-order valence-corrected chi connectivity index (χ3v) is 24.5. The van der Waals surface area contributed by atoms with Crippen LogP contribution in [-0.2, 0) is 20.2 Å². The Kier molecular flexibility index (Phi) is 4.51. The highest BCUT2D eigenvalue weighted by molar-refractivity contribution is 8.21. The molecule has 1 aromatic rings. The molecule has 0 aliphatic carbocycles. The van der Waals surface area contributed by atoms with Gasteiger partial charge in [0.1, 0.15) is 0 Å². The number of hydrogen-bond donors (Lipinski definition) is 0. The van der Waals surface area contributed by atoms with Gasteiger partial charge in [0.25, 0.3) is 0 Å². The maximum Gasteiger partial charge on any atom is 0.236 e.